The van der Waals surface area contributed by atoms with Gasteiger partial charge in [0.15, 0.2) is 0 Å². The zero-order valence-corrected chi connectivity index (χ0v) is 10.7. The lowest BCUT2D eigenvalue weighted by atomic mass is 10.2. The van der Waals surface area contributed by atoms with E-state index in [2.05, 4.69) is 21.2 Å². The van der Waals surface area contributed by atoms with Crippen LogP contribution in [0.4, 0.5) is 4.39 Å². The van der Waals surface area contributed by atoms with E-state index in [0.29, 0.717) is 6.54 Å². The molecule has 0 bridgehead atoms. The summed E-state index contributed by atoms with van der Waals surface area (Å²) >= 11 is 3.03. The van der Waals surface area contributed by atoms with Crippen LogP contribution in [0.3, 0.4) is 0 Å². The van der Waals surface area contributed by atoms with E-state index in [1.165, 1.54) is 6.07 Å². The molecule has 0 aromatic heterocycles. The minimum Gasteiger partial charge on any atom is -0.380 e. The van der Waals surface area contributed by atoms with Gasteiger partial charge in [0.2, 0.25) is 0 Å². The van der Waals surface area contributed by atoms with Crippen LogP contribution in [0.2, 0.25) is 0 Å². The molecule has 3 nitrogen and oxygen atoms in total. The molecular formula is C11H13BrFNO2. The maximum absolute atomic E-state index is 13.5. The number of nitrogens with one attached hydrogen (secondary N) is 1. The summed E-state index contributed by atoms with van der Waals surface area (Å²) in [6, 6.07) is 4.60. The van der Waals surface area contributed by atoms with Crippen molar-refractivity contribution in [3.8, 4) is 0 Å². The summed E-state index contributed by atoms with van der Waals surface area (Å²) in [6.07, 6.45) is -0.0980. The number of halogens is 2. The average molecular weight is 290 g/mol. The third-order valence-corrected chi connectivity index (χ3v) is 2.76. The van der Waals surface area contributed by atoms with Crippen molar-refractivity contribution in [2.24, 2.45) is 0 Å². The Morgan fingerprint density at radius 2 is 2.31 bits per heavy atom. The first-order chi connectivity index (χ1) is 7.56. The van der Waals surface area contributed by atoms with Crippen LogP contribution in [0.5, 0.6) is 0 Å². The first kappa shape index (κ1) is 13.1. The van der Waals surface area contributed by atoms with Gasteiger partial charge in [-0.1, -0.05) is 6.07 Å². The van der Waals surface area contributed by atoms with E-state index >= 15 is 0 Å². The zero-order valence-electron chi connectivity index (χ0n) is 9.09. The maximum Gasteiger partial charge on any atom is 0.254 e. The standard InChI is InChI=1S/C11H13BrFNO2/c1-7(16-2)6-14-11(15)8-4-3-5-9(12)10(8)13/h3-5,7H,6H2,1-2H3,(H,14,15). The van der Waals surface area contributed by atoms with Gasteiger partial charge in [0.25, 0.3) is 5.91 Å². The molecule has 0 aliphatic carbocycles. The minimum absolute atomic E-state index is 0.0256. The SMILES string of the molecule is COC(C)CNC(=O)c1cccc(Br)c1F. The van der Waals surface area contributed by atoms with Crippen molar-refractivity contribution in [3.63, 3.8) is 0 Å². The molecule has 88 valence electrons. The van der Waals surface area contributed by atoms with Crippen molar-refractivity contribution in [1.29, 1.82) is 0 Å². The average Bonchev–Trinajstić information content (AvgIpc) is 2.29. The summed E-state index contributed by atoms with van der Waals surface area (Å²) in [7, 11) is 1.55. The van der Waals surface area contributed by atoms with E-state index in [4.69, 9.17) is 4.74 Å². The third kappa shape index (κ3) is 3.28. The predicted octanol–water partition coefficient (Wildman–Crippen LogP) is 2.35. The second-order valence-electron chi connectivity index (χ2n) is 3.36. The second kappa shape index (κ2) is 5.96. The summed E-state index contributed by atoms with van der Waals surface area (Å²) < 4.78 is 18.8. The van der Waals surface area contributed by atoms with Crippen LogP contribution in [-0.4, -0.2) is 25.7 Å². The molecule has 0 fully saturated rings. The molecule has 0 aliphatic heterocycles. The van der Waals surface area contributed by atoms with Gasteiger partial charge in [-0.25, -0.2) is 4.39 Å². The Bertz CT molecular complexity index is 384. The number of rotatable bonds is 4. The van der Waals surface area contributed by atoms with Crippen molar-refractivity contribution in [2.45, 2.75) is 13.0 Å². The lowest BCUT2D eigenvalue weighted by Crippen LogP contribution is -2.32. The van der Waals surface area contributed by atoms with Gasteiger partial charge >= 0.3 is 0 Å². The molecule has 1 N–H and O–H groups in total. The van der Waals surface area contributed by atoms with Gasteiger partial charge in [0, 0.05) is 13.7 Å². The van der Waals surface area contributed by atoms with Crippen LogP contribution in [0.15, 0.2) is 22.7 Å². The van der Waals surface area contributed by atoms with Crippen LogP contribution in [-0.2, 0) is 4.74 Å². The number of ether oxygens (including phenoxy) is 1. The quantitative estimate of drug-likeness (QED) is 0.924. The van der Waals surface area contributed by atoms with Gasteiger partial charge in [0.1, 0.15) is 5.82 Å². The molecular weight excluding hydrogens is 277 g/mol. The van der Waals surface area contributed by atoms with E-state index in [1.807, 2.05) is 6.92 Å². The van der Waals surface area contributed by atoms with E-state index in [-0.39, 0.29) is 16.1 Å². The number of amides is 1. The monoisotopic (exact) mass is 289 g/mol. The van der Waals surface area contributed by atoms with Crippen LogP contribution in [0.1, 0.15) is 17.3 Å². The Balaban J connectivity index is 2.70. The number of hydrogen-bond acceptors (Lipinski definition) is 2. The lowest BCUT2D eigenvalue weighted by molar-refractivity contribution is 0.0867. The number of methoxy groups -OCH3 is 1. The highest BCUT2D eigenvalue weighted by Gasteiger charge is 2.13. The molecule has 1 rings (SSSR count). The summed E-state index contributed by atoms with van der Waals surface area (Å²) in [5.74, 6) is -0.993. The zero-order chi connectivity index (χ0) is 12.1. The van der Waals surface area contributed by atoms with Crippen LogP contribution in [0.25, 0.3) is 0 Å². The largest absolute Gasteiger partial charge is 0.380 e. The molecule has 16 heavy (non-hydrogen) atoms. The van der Waals surface area contributed by atoms with Crippen LogP contribution in [0, 0.1) is 5.82 Å². The molecule has 0 saturated carbocycles. The number of carbonyl (C=O) groups is 1. The normalized spacial score (nSPS) is 12.2. The van der Waals surface area contributed by atoms with E-state index < -0.39 is 11.7 Å². The first-order valence-electron chi connectivity index (χ1n) is 4.81. The van der Waals surface area contributed by atoms with Crippen molar-refractivity contribution >= 4 is 21.8 Å². The van der Waals surface area contributed by atoms with Crippen LogP contribution < -0.4 is 5.32 Å². The Labute approximate surface area is 102 Å². The molecule has 1 amide bonds. The van der Waals surface area contributed by atoms with Crippen LogP contribution >= 0.6 is 15.9 Å². The molecule has 0 aliphatic rings. The maximum atomic E-state index is 13.5. The van der Waals surface area contributed by atoms with Gasteiger partial charge in [-0.2, -0.15) is 0 Å². The third-order valence-electron chi connectivity index (χ3n) is 2.15. The molecule has 0 saturated heterocycles. The Hall–Kier alpha value is -0.940. The van der Waals surface area contributed by atoms with Gasteiger partial charge in [0.05, 0.1) is 16.1 Å². The van der Waals surface area contributed by atoms with E-state index in [9.17, 15) is 9.18 Å². The fraction of sp³-hybridized carbons (Fsp3) is 0.364. The van der Waals surface area contributed by atoms with Gasteiger partial charge < -0.3 is 10.1 Å². The lowest BCUT2D eigenvalue weighted by Gasteiger charge is -2.11. The molecule has 0 heterocycles. The summed E-state index contributed by atoms with van der Waals surface area (Å²) in [5.41, 5.74) is 0.0256. The number of hydrogen-bond donors (Lipinski definition) is 1. The minimum atomic E-state index is -0.551. The van der Waals surface area contributed by atoms with Crippen molar-refractivity contribution < 1.29 is 13.9 Å². The summed E-state index contributed by atoms with van der Waals surface area (Å²) in [6.45, 7) is 2.17. The fourth-order valence-electron chi connectivity index (χ4n) is 1.09. The topological polar surface area (TPSA) is 38.3 Å². The smallest absolute Gasteiger partial charge is 0.254 e. The van der Waals surface area contributed by atoms with Crippen molar-refractivity contribution in [3.05, 3.63) is 34.1 Å². The molecule has 1 atom stereocenters. The Kier molecular flexibility index (Phi) is 4.89. The second-order valence-corrected chi connectivity index (χ2v) is 4.21. The molecule has 5 heteroatoms. The summed E-state index contributed by atoms with van der Waals surface area (Å²) in [4.78, 5) is 11.6. The molecule has 0 radical (unpaired) electrons. The Morgan fingerprint density at radius 3 is 2.94 bits per heavy atom. The van der Waals surface area contributed by atoms with Gasteiger partial charge in [-0.05, 0) is 35.0 Å². The van der Waals surface area contributed by atoms with Crippen molar-refractivity contribution in [1.82, 2.24) is 5.32 Å². The number of benzene rings is 1. The van der Waals surface area contributed by atoms with Crippen molar-refractivity contribution in [2.75, 3.05) is 13.7 Å². The van der Waals surface area contributed by atoms with E-state index in [0.717, 1.165) is 0 Å². The first-order valence-corrected chi connectivity index (χ1v) is 5.60. The van der Waals surface area contributed by atoms with Gasteiger partial charge in [-0.15, -0.1) is 0 Å². The summed E-state index contributed by atoms with van der Waals surface area (Å²) in [5, 5.41) is 2.59. The number of carbonyl (C=O) groups excluding carboxylic acids is 1. The molecule has 1 aromatic carbocycles. The molecule has 1 unspecified atom stereocenters. The van der Waals surface area contributed by atoms with Gasteiger partial charge in [-0.3, -0.25) is 4.79 Å². The highest BCUT2D eigenvalue weighted by atomic mass is 79.9. The fourth-order valence-corrected chi connectivity index (χ4v) is 1.46. The Morgan fingerprint density at radius 1 is 1.62 bits per heavy atom. The van der Waals surface area contributed by atoms with E-state index in [1.54, 1.807) is 19.2 Å². The highest BCUT2D eigenvalue weighted by molar-refractivity contribution is 9.10. The predicted molar refractivity (Wildman–Crippen MR) is 62.9 cm³/mol. The molecule has 0 spiro atoms. The highest BCUT2D eigenvalue weighted by Crippen LogP contribution is 2.18. The molecule has 1 aromatic rings.